The molecule has 30 valence electrons. The van der Waals surface area contributed by atoms with E-state index in [0.29, 0.717) is 0 Å². The zero-order valence-corrected chi connectivity index (χ0v) is 5.68. The molecule has 0 aliphatic heterocycles. The van der Waals surface area contributed by atoms with Crippen LogP contribution in [0.25, 0.3) is 0 Å². The van der Waals surface area contributed by atoms with E-state index in [1.807, 2.05) is 0 Å². The summed E-state index contributed by atoms with van der Waals surface area (Å²) < 4.78 is 0.771. The Morgan fingerprint density at radius 1 is 1.83 bits per heavy atom. The van der Waals surface area contributed by atoms with Crippen molar-refractivity contribution in [2.45, 2.75) is 3.67 Å². The third-order valence-corrected chi connectivity index (χ3v) is 0.853. The summed E-state index contributed by atoms with van der Waals surface area (Å²) in [7, 11) is 0. The fourth-order valence-electron chi connectivity index (χ4n) is 0.183. The third-order valence-electron chi connectivity index (χ3n) is 0.406. The molecule has 0 aliphatic carbocycles. The second-order valence-electron chi connectivity index (χ2n) is 1.06. The van der Waals surface area contributed by atoms with E-state index >= 15 is 0 Å². The zero-order chi connectivity index (χ0) is 4.99. The van der Waals surface area contributed by atoms with Gasteiger partial charge < -0.3 is 0 Å². The van der Waals surface area contributed by atoms with Crippen molar-refractivity contribution in [1.82, 2.24) is 0 Å². The van der Waals surface area contributed by atoms with Gasteiger partial charge in [0.1, 0.15) is 0 Å². The molecule has 3 nitrogen and oxygen atoms in total. The van der Waals surface area contributed by atoms with E-state index in [4.69, 9.17) is 0 Å². The van der Waals surface area contributed by atoms with Gasteiger partial charge in [-0.25, -0.2) is 0 Å². The first kappa shape index (κ1) is 6.40. The van der Waals surface area contributed by atoms with E-state index in [2.05, 4.69) is 0 Å². The van der Waals surface area contributed by atoms with E-state index < -0.39 is 0 Å². The van der Waals surface area contributed by atoms with Gasteiger partial charge in [-0.1, -0.05) is 0 Å². The van der Waals surface area contributed by atoms with E-state index in [1.165, 1.54) is 0 Å². The van der Waals surface area contributed by atoms with Crippen molar-refractivity contribution in [2.24, 2.45) is 0 Å². The summed E-state index contributed by atoms with van der Waals surface area (Å²) in [5.74, 6) is 0. The molecule has 0 bridgehead atoms. The molecule has 6 heavy (non-hydrogen) atoms. The molecule has 0 saturated carbocycles. The Bertz CT molecular complexity index is 55.5. The van der Waals surface area contributed by atoms with Crippen LogP contribution in [-0.4, -0.2) is 39.4 Å². The number of rotatable bonds is 2. The van der Waals surface area contributed by atoms with Crippen molar-refractivity contribution in [1.29, 1.82) is 0 Å². The summed E-state index contributed by atoms with van der Waals surface area (Å²) in [5.41, 5.74) is 0. The molecular formula is C2H4NNaO2. The summed E-state index contributed by atoms with van der Waals surface area (Å²) >= 11 is 0.945. The van der Waals surface area contributed by atoms with Crippen molar-refractivity contribution < 1.29 is 4.92 Å². The minimum atomic E-state index is -0.285. The normalized spacial score (nSPS) is 8.33. The Labute approximate surface area is 53.3 Å². The molecule has 0 rings (SSSR count). The first-order chi connectivity index (χ1) is 2.77. The molecule has 0 unspecified atom stereocenters. The monoisotopic (exact) mass is 97.0 g/mol. The van der Waals surface area contributed by atoms with Gasteiger partial charge in [-0.05, 0) is 0 Å². The summed E-state index contributed by atoms with van der Waals surface area (Å²) in [6.45, 7) is 0.159. The molecule has 0 fully saturated rings. The average molecular weight is 97.0 g/mol. The minimum absolute atomic E-state index is 0.159. The molecule has 0 aromatic heterocycles. The molecule has 0 radical (unpaired) electrons. The maximum absolute atomic E-state index is 9.43. The third kappa shape index (κ3) is 4.40. The molecule has 4 heteroatoms. The van der Waals surface area contributed by atoms with E-state index in [1.54, 1.807) is 0 Å². The van der Waals surface area contributed by atoms with Crippen molar-refractivity contribution in [3.8, 4) is 0 Å². The summed E-state index contributed by atoms with van der Waals surface area (Å²) in [5, 5.41) is 9.43. The first-order valence-corrected chi connectivity index (χ1v) is 3.30. The Balaban J connectivity index is 2.83. The van der Waals surface area contributed by atoms with Crippen molar-refractivity contribution >= 4 is 27.9 Å². The van der Waals surface area contributed by atoms with Crippen molar-refractivity contribution in [2.75, 3.05) is 6.54 Å². The molecule has 0 N–H and O–H groups in total. The summed E-state index contributed by atoms with van der Waals surface area (Å²) in [6, 6.07) is 0. The zero-order valence-electron chi connectivity index (χ0n) is 3.68. The van der Waals surface area contributed by atoms with Crippen LogP contribution in [0.3, 0.4) is 0 Å². The van der Waals surface area contributed by atoms with E-state index in [9.17, 15) is 10.1 Å². The average Bonchev–Trinajstić information content (AvgIpc) is 1.35. The van der Waals surface area contributed by atoms with Crippen LogP contribution in [0.4, 0.5) is 0 Å². The molecule has 0 atom stereocenters. The van der Waals surface area contributed by atoms with Crippen LogP contribution >= 0.6 is 0 Å². The van der Waals surface area contributed by atoms with Crippen LogP contribution in [0, 0.1) is 10.1 Å². The summed E-state index contributed by atoms with van der Waals surface area (Å²) in [4.78, 5) is 9.14. The SMILES string of the molecule is O=[N+]([O-])C[CH2][Na]. The van der Waals surface area contributed by atoms with E-state index in [-0.39, 0.29) is 11.5 Å². The topological polar surface area (TPSA) is 43.1 Å². The van der Waals surface area contributed by atoms with Crippen LogP contribution in [-0.2, 0) is 0 Å². The van der Waals surface area contributed by atoms with Crippen LogP contribution in [0.2, 0.25) is 3.67 Å². The van der Waals surface area contributed by atoms with Gasteiger partial charge >= 0.3 is 53.2 Å². The quantitative estimate of drug-likeness (QED) is 0.273. The van der Waals surface area contributed by atoms with Gasteiger partial charge in [-0.3, -0.25) is 0 Å². The van der Waals surface area contributed by atoms with Crippen LogP contribution in [0.5, 0.6) is 0 Å². The van der Waals surface area contributed by atoms with Gasteiger partial charge in [0.05, 0.1) is 0 Å². The fraction of sp³-hybridized carbons (Fsp3) is 1.00. The number of nitro groups is 1. The van der Waals surface area contributed by atoms with Gasteiger partial charge in [0.25, 0.3) is 0 Å². The second kappa shape index (κ2) is 3.59. The maximum atomic E-state index is 9.43. The van der Waals surface area contributed by atoms with Gasteiger partial charge in [0, 0.05) is 0 Å². The molecule has 0 aromatic rings. The van der Waals surface area contributed by atoms with Gasteiger partial charge in [-0.2, -0.15) is 0 Å². The molecule has 0 saturated heterocycles. The van der Waals surface area contributed by atoms with Crippen LogP contribution < -0.4 is 0 Å². The van der Waals surface area contributed by atoms with E-state index in [0.717, 1.165) is 31.6 Å². The Morgan fingerprint density at radius 3 is 2.33 bits per heavy atom. The standard InChI is InChI=1S/C2H4NO2.Na/c1-2-3(4)5;/h1-2H2;. The molecular weight excluding hydrogens is 93.0 g/mol. The molecule has 0 heterocycles. The molecule has 0 spiro atoms. The first-order valence-electron chi connectivity index (χ1n) is 1.89. The second-order valence-corrected chi connectivity index (χ2v) is 2.06. The summed E-state index contributed by atoms with van der Waals surface area (Å²) in [6.07, 6.45) is 0. The molecule has 0 aliphatic rings. The predicted octanol–water partition coefficient (Wildman–Crippen LogP) is -0.150. The number of hydrogen-bond donors (Lipinski definition) is 0. The number of nitrogens with zero attached hydrogens (tertiary/aromatic N) is 1. The Morgan fingerprint density at radius 2 is 2.33 bits per heavy atom. The van der Waals surface area contributed by atoms with Crippen LogP contribution in [0.1, 0.15) is 0 Å². The predicted molar refractivity (Wildman–Crippen MR) is 22.4 cm³/mol. The van der Waals surface area contributed by atoms with Gasteiger partial charge in [-0.15, -0.1) is 0 Å². The number of hydrogen-bond acceptors (Lipinski definition) is 2. The van der Waals surface area contributed by atoms with Crippen LogP contribution in [0.15, 0.2) is 0 Å². The molecule has 0 amide bonds. The Kier molecular flexibility index (Phi) is 3.82. The van der Waals surface area contributed by atoms with Crippen molar-refractivity contribution in [3.63, 3.8) is 0 Å². The Hall–Kier alpha value is 0.400. The van der Waals surface area contributed by atoms with Crippen molar-refractivity contribution in [3.05, 3.63) is 10.1 Å². The fourth-order valence-corrected chi connectivity index (χ4v) is 0.548. The molecule has 0 aromatic carbocycles. The van der Waals surface area contributed by atoms with Gasteiger partial charge in [0.2, 0.25) is 0 Å². The van der Waals surface area contributed by atoms with Gasteiger partial charge in [0.15, 0.2) is 0 Å².